The summed E-state index contributed by atoms with van der Waals surface area (Å²) in [5, 5.41) is 1.38. The van der Waals surface area contributed by atoms with Gasteiger partial charge in [-0.2, -0.15) is 0 Å². The third kappa shape index (κ3) is 2.56. The molecule has 0 N–H and O–H groups in total. The Morgan fingerprint density at radius 2 is 1.00 bits per heavy atom. The Kier molecular flexibility index (Phi) is 4.40. The molecule has 0 atom stereocenters. The summed E-state index contributed by atoms with van der Waals surface area (Å²) >= 11 is -3.27. The molecule has 0 unspecified atom stereocenters. The van der Waals surface area contributed by atoms with Crippen molar-refractivity contribution in [1.29, 1.82) is 0 Å². The van der Waals surface area contributed by atoms with Crippen LogP contribution in [0.2, 0.25) is 0 Å². The molecule has 1 aliphatic rings. The molecule has 1 aromatic heterocycles. The Morgan fingerprint density at radius 3 is 1.68 bits per heavy atom. The second kappa shape index (κ2) is 7.61. The van der Waals surface area contributed by atoms with Gasteiger partial charge < -0.3 is 0 Å². The van der Waals surface area contributed by atoms with Gasteiger partial charge in [0.15, 0.2) is 0 Å². The van der Waals surface area contributed by atoms with Crippen molar-refractivity contribution in [3.8, 4) is 16.9 Å². The first-order valence-corrected chi connectivity index (χ1v) is 16.0. The summed E-state index contributed by atoms with van der Waals surface area (Å²) in [6.45, 7) is 0. The van der Waals surface area contributed by atoms with Crippen molar-refractivity contribution in [2.45, 2.75) is 0 Å². The number of aromatic nitrogens is 1. The number of rotatable bonds is 3. The first-order valence-electron chi connectivity index (χ1n) is 11.8. The van der Waals surface area contributed by atoms with Gasteiger partial charge in [-0.05, 0) is 0 Å². The molecular weight excluding hydrogens is 471 g/mol. The van der Waals surface area contributed by atoms with Gasteiger partial charge >= 0.3 is 203 Å². The van der Waals surface area contributed by atoms with Crippen molar-refractivity contribution in [2.24, 2.45) is 0 Å². The topological polar surface area (TPSA) is 4.93 Å². The van der Waals surface area contributed by atoms with Crippen LogP contribution in [-0.2, 0) is 0 Å². The molecule has 7 rings (SSSR count). The van der Waals surface area contributed by atoms with Crippen LogP contribution < -0.4 is 17.6 Å². The molecule has 5 aromatic carbocycles. The fourth-order valence-corrected chi connectivity index (χ4v) is 17.3. The van der Waals surface area contributed by atoms with Crippen LogP contribution in [0.1, 0.15) is 0 Å². The molecule has 34 heavy (non-hydrogen) atoms. The van der Waals surface area contributed by atoms with E-state index in [1.807, 2.05) is 0 Å². The van der Waals surface area contributed by atoms with Crippen molar-refractivity contribution in [3.63, 3.8) is 0 Å². The van der Waals surface area contributed by atoms with E-state index in [9.17, 15) is 0 Å². The normalized spacial score (nSPS) is 13.5. The summed E-state index contributed by atoms with van der Waals surface area (Å²) in [4.78, 5) is 0. The fourth-order valence-electron chi connectivity index (χ4n) is 6.01. The third-order valence-electron chi connectivity index (χ3n) is 7.26. The Bertz CT molecular complexity index is 1590. The maximum absolute atomic E-state index is 3.27. The Morgan fingerprint density at radius 1 is 0.471 bits per heavy atom. The van der Waals surface area contributed by atoms with Crippen LogP contribution in [-0.4, -0.2) is 17.8 Å². The van der Waals surface area contributed by atoms with Crippen LogP contribution in [0.4, 0.5) is 0 Å². The molecule has 160 valence electrons. The van der Waals surface area contributed by atoms with Crippen LogP contribution in [0, 0.1) is 0 Å². The predicted octanol–water partition coefficient (Wildman–Crippen LogP) is 4.99. The Hall–Kier alpha value is -3.82. The SMILES string of the molecule is c1ccc(-n2c3[c](c4ccccc42)[Ge]([c]2ccccc2)([c]2ccccc2)[c]2ccccc2-3)cc1. The van der Waals surface area contributed by atoms with Gasteiger partial charge in [-0.15, -0.1) is 0 Å². The molecule has 2 heteroatoms. The fraction of sp³-hybridized carbons (Fsp3) is 0. The molecule has 1 nitrogen and oxygen atoms in total. The monoisotopic (exact) mass is 495 g/mol. The predicted molar refractivity (Wildman–Crippen MR) is 146 cm³/mol. The first kappa shape index (κ1) is 19.6. The molecule has 0 amide bonds. The van der Waals surface area contributed by atoms with Crippen LogP contribution in [0.3, 0.4) is 0 Å². The molecule has 1 aliphatic heterocycles. The average Bonchev–Trinajstić information content (AvgIpc) is 3.42. The second-order valence-electron chi connectivity index (χ2n) is 8.94. The van der Waals surface area contributed by atoms with Crippen LogP contribution in [0.5, 0.6) is 0 Å². The Balaban J connectivity index is 1.75. The number of benzene rings is 5. The van der Waals surface area contributed by atoms with Crippen molar-refractivity contribution in [3.05, 3.63) is 140 Å². The van der Waals surface area contributed by atoms with Crippen LogP contribution in [0.25, 0.3) is 27.8 Å². The molecule has 0 radical (unpaired) electrons. The number of hydrogen-bond acceptors (Lipinski definition) is 0. The summed E-state index contributed by atoms with van der Waals surface area (Å²) in [7, 11) is 0. The third-order valence-corrected chi connectivity index (χ3v) is 17.5. The molecule has 0 bridgehead atoms. The maximum atomic E-state index is 2.50. The molecule has 2 heterocycles. The van der Waals surface area contributed by atoms with E-state index in [4.69, 9.17) is 0 Å². The van der Waals surface area contributed by atoms with E-state index in [-0.39, 0.29) is 0 Å². The van der Waals surface area contributed by atoms with Crippen molar-refractivity contribution in [1.82, 2.24) is 4.57 Å². The molecule has 0 aliphatic carbocycles. The molecule has 0 spiro atoms. The van der Waals surface area contributed by atoms with Gasteiger partial charge in [0, 0.05) is 0 Å². The van der Waals surface area contributed by atoms with E-state index in [2.05, 4.69) is 144 Å². The number of fused-ring (bicyclic) bond motifs is 5. The van der Waals surface area contributed by atoms with Crippen LogP contribution in [0.15, 0.2) is 140 Å². The van der Waals surface area contributed by atoms with Crippen molar-refractivity contribution >= 4 is 41.8 Å². The van der Waals surface area contributed by atoms with E-state index in [1.54, 1.807) is 4.40 Å². The summed E-state index contributed by atoms with van der Waals surface area (Å²) in [5.41, 5.74) is 5.25. The van der Waals surface area contributed by atoms with Gasteiger partial charge in [-0.3, -0.25) is 0 Å². The summed E-state index contributed by atoms with van der Waals surface area (Å²) in [6, 6.07) is 51.6. The molecule has 0 saturated carbocycles. The first-order chi connectivity index (χ1) is 16.9. The van der Waals surface area contributed by atoms with Crippen LogP contribution >= 0.6 is 0 Å². The standard InChI is InChI=1S/C32H23GeN/c1-4-14-24(15-5-1)33(25-16-6-2-7-17-25)29-22-12-10-20-27(29)32-31(33)28-21-11-13-23-30(28)34(32)26-18-8-3-9-19-26/h1-23H. The summed E-state index contributed by atoms with van der Waals surface area (Å²) in [5.74, 6) is 0. The van der Waals surface area contributed by atoms with Crippen molar-refractivity contribution in [2.75, 3.05) is 0 Å². The molecule has 0 fully saturated rings. The van der Waals surface area contributed by atoms with Gasteiger partial charge in [0.1, 0.15) is 0 Å². The minimum atomic E-state index is -3.27. The molecular formula is C32H23GeN. The molecule has 6 aromatic rings. The zero-order valence-electron chi connectivity index (χ0n) is 18.7. The van der Waals surface area contributed by atoms with E-state index in [1.165, 1.54) is 41.0 Å². The minimum absolute atomic E-state index is 1.22. The summed E-state index contributed by atoms with van der Waals surface area (Å²) < 4.78 is 8.55. The number of hydrogen-bond donors (Lipinski definition) is 0. The van der Waals surface area contributed by atoms with Gasteiger partial charge in [0.2, 0.25) is 0 Å². The van der Waals surface area contributed by atoms with E-state index >= 15 is 0 Å². The van der Waals surface area contributed by atoms with E-state index in [0.29, 0.717) is 0 Å². The van der Waals surface area contributed by atoms with Gasteiger partial charge in [-0.25, -0.2) is 0 Å². The van der Waals surface area contributed by atoms with Gasteiger partial charge in [0.25, 0.3) is 0 Å². The number of nitrogens with zero attached hydrogens (tertiary/aromatic N) is 1. The van der Waals surface area contributed by atoms with Gasteiger partial charge in [-0.1, -0.05) is 0 Å². The zero-order chi connectivity index (χ0) is 22.5. The van der Waals surface area contributed by atoms with E-state index < -0.39 is 13.3 Å². The number of para-hydroxylation sites is 2. The van der Waals surface area contributed by atoms with Crippen molar-refractivity contribution < 1.29 is 0 Å². The molecule has 0 saturated heterocycles. The summed E-state index contributed by atoms with van der Waals surface area (Å²) in [6.07, 6.45) is 0. The zero-order valence-corrected chi connectivity index (χ0v) is 20.8. The Labute approximate surface area is 202 Å². The second-order valence-corrected chi connectivity index (χ2v) is 16.7. The quantitative estimate of drug-likeness (QED) is 0.306. The van der Waals surface area contributed by atoms with E-state index in [0.717, 1.165) is 0 Å². The average molecular weight is 494 g/mol. The van der Waals surface area contributed by atoms with Gasteiger partial charge in [0.05, 0.1) is 0 Å².